The lowest BCUT2D eigenvalue weighted by Crippen LogP contribution is -2.14. The zero-order chi connectivity index (χ0) is 19.2. The van der Waals surface area contributed by atoms with Crippen LogP contribution >= 0.6 is 0 Å². The van der Waals surface area contributed by atoms with Crippen LogP contribution in [0.15, 0.2) is 60.7 Å². The number of aliphatic carboxylic acids is 1. The van der Waals surface area contributed by atoms with E-state index < -0.39 is 24.4 Å². The molecule has 0 amide bonds. The second-order valence-corrected chi connectivity index (χ2v) is 5.98. The Labute approximate surface area is 155 Å². The Hall–Kier alpha value is -3.41. The molecule has 0 heterocycles. The fraction of sp³-hybridized carbons (Fsp3) is 0.143. The molecule has 3 rings (SSSR count). The maximum atomic E-state index is 14.1. The van der Waals surface area contributed by atoms with Crippen molar-refractivity contribution in [3.05, 3.63) is 77.6 Å². The maximum absolute atomic E-state index is 14.1. The molecule has 6 heteroatoms. The van der Waals surface area contributed by atoms with Crippen molar-refractivity contribution in [2.24, 2.45) is 0 Å². The zero-order valence-electron chi connectivity index (χ0n) is 14.4. The summed E-state index contributed by atoms with van der Waals surface area (Å²) in [5, 5.41) is 14.0. The van der Waals surface area contributed by atoms with Crippen molar-refractivity contribution in [2.45, 2.75) is 6.42 Å². The van der Waals surface area contributed by atoms with Crippen LogP contribution in [0.1, 0.15) is 15.9 Å². The first-order chi connectivity index (χ1) is 13.0. The van der Waals surface area contributed by atoms with Crippen molar-refractivity contribution in [2.75, 3.05) is 18.5 Å². The second-order valence-electron chi connectivity index (χ2n) is 5.98. The van der Waals surface area contributed by atoms with Crippen LogP contribution in [-0.4, -0.2) is 30.2 Å². The summed E-state index contributed by atoms with van der Waals surface area (Å²) in [7, 11) is 0. The summed E-state index contributed by atoms with van der Waals surface area (Å²) >= 11 is 0. The summed E-state index contributed by atoms with van der Waals surface area (Å²) in [4.78, 5) is 22.1. The summed E-state index contributed by atoms with van der Waals surface area (Å²) < 4.78 is 18.6. The van der Waals surface area contributed by atoms with Gasteiger partial charge >= 0.3 is 11.9 Å². The third-order valence-corrected chi connectivity index (χ3v) is 4.12. The summed E-state index contributed by atoms with van der Waals surface area (Å²) in [6.45, 7) is -0.209. The molecule has 0 fully saturated rings. The number of carbonyl (C=O) groups is 2. The Morgan fingerprint density at radius 3 is 2.59 bits per heavy atom. The number of hydrogen-bond acceptors (Lipinski definition) is 4. The van der Waals surface area contributed by atoms with Gasteiger partial charge in [0.05, 0.1) is 5.56 Å². The highest BCUT2D eigenvalue weighted by Gasteiger charge is 2.15. The van der Waals surface area contributed by atoms with Crippen LogP contribution in [0.25, 0.3) is 10.8 Å². The lowest BCUT2D eigenvalue weighted by atomic mass is 10.0. The predicted molar refractivity (Wildman–Crippen MR) is 100 cm³/mol. The van der Waals surface area contributed by atoms with Crippen molar-refractivity contribution in [1.82, 2.24) is 0 Å². The number of halogens is 1. The van der Waals surface area contributed by atoms with E-state index in [4.69, 9.17) is 5.11 Å². The molecule has 0 atom stereocenters. The number of esters is 1. The van der Waals surface area contributed by atoms with Crippen LogP contribution in [0.4, 0.5) is 10.1 Å². The molecule has 3 aromatic rings. The average molecular weight is 367 g/mol. The lowest BCUT2D eigenvalue weighted by molar-refractivity contribution is -0.140. The number of anilines is 1. The number of ether oxygens (including phenoxy) is 1. The van der Waals surface area contributed by atoms with E-state index in [0.29, 0.717) is 12.2 Å². The lowest BCUT2D eigenvalue weighted by Gasteiger charge is -2.10. The minimum atomic E-state index is -1.30. The third-order valence-electron chi connectivity index (χ3n) is 4.12. The summed E-state index contributed by atoms with van der Waals surface area (Å²) in [5.41, 5.74) is 1.42. The molecular formula is C21H18FNO4. The van der Waals surface area contributed by atoms with Gasteiger partial charge in [0.15, 0.2) is 6.61 Å². The normalized spacial score (nSPS) is 10.6. The molecule has 0 aliphatic carbocycles. The van der Waals surface area contributed by atoms with Crippen LogP contribution in [-0.2, 0) is 16.0 Å². The number of carboxylic acids is 1. The first-order valence-electron chi connectivity index (χ1n) is 8.43. The molecule has 138 valence electrons. The van der Waals surface area contributed by atoms with Crippen LogP contribution < -0.4 is 5.32 Å². The van der Waals surface area contributed by atoms with Crippen molar-refractivity contribution in [3.8, 4) is 0 Å². The number of carbonyl (C=O) groups excluding carboxylic acids is 1. The third kappa shape index (κ3) is 4.61. The minimum Gasteiger partial charge on any atom is -0.479 e. The molecule has 0 saturated heterocycles. The molecule has 5 nitrogen and oxygen atoms in total. The number of hydrogen-bond donors (Lipinski definition) is 2. The summed E-state index contributed by atoms with van der Waals surface area (Å²) in [6, 6.07) is 18.3. The molecule has 0 aromatic heterocycles. The SMILES string of the molecule is O=C(O)COC(=O)c1ccc(NCCc2cccc3ccccc23)cc1F. The van der Waals surface area contributed by atoms with E-state index in [0.717, 1.165) is 6.42 Å². The van der Waals surface area contributed by atoms with Crippen LogP contribution in [0.5, 0.6) is 0 Å². The van der Waals surface area contributed by atoms with Gasteiger partial charge in [0.2, 0.25) is 0 Å². The van der Waals surface area contributed by atoms with Gasteiger partial charge in [-0.15, -0.1) is 0 Å². The number of nitrogens with one attached hydrogen (secondary N) is 1. The minimum absolute atomic E-state index is 0.296. The Kier molecular flexibility index (Phi) is 5.66. The smallest absolute Gasteiger partial charge is 0.341 e. The molecular weight excluding hydrogens is 349 g/mol. The molecule has 27 heavy (non-hydrogen) atoms. The van der Waals surface area contributed by atoms with Crippen molar-refractivity contribution >= 4 is 28.4 Å². The summed E-state index contributed by atoms with van der Waals surface area (Å²) in [6.07, 6.45) is 0.755. The molecule has 0 unspecified atom stereocenters. The highest BCUT2D eigenvalue weighted by atomic mass is 19.1. The Morgan fingerprint density at radius 2 is 1.81 bits per heavy atom. The van der Waals surface area contributed by atoms with Crippen molar-refractivity contribution < 1.29 is 23.8 Å². The summed E-state index contributed by atoms with van der Waals surface area (Å²) in [5.74, 6) is -3.06. The monoisotopic (exact) mass is 367 g/mol. The second kappa shape index (κ2) is 8.31. The van der Waals surface area contributed by atoms with Gasteiger partial charge < -0.3 is 15.2 Å². The van der Waals surface area contributed by atoms with E-state index in [9.17, 15) is 14.0 Å². The number of carboxylic acid groups (broad SMARTS) is 1. The van der Waals surface area contributed by atoms with E-state index >= 15 is 0 Å². The number of rotatable bonds is 7. The molecule has 3 aromatic carbocycles. The van der Waals surface area contributed by atoms with Gasteiger partial charge in [0, 0.05) is 12.2 Å². The van der Waals surface area contributed by atoms with E-state index in [1.165, 1.54) is 28.5 Å². The maximum Gasteiger partial charge on any atom is 0.341 e. The largest absolute Gasteiger partial charge is 0.479 e. The number of fused-ring (bicyclic) bond motifs is 1. The fourth-order valence-electron chi connectivity index (χ4n) is 2.85. The van der Waals surface area contributed by atoms with Crippen LogP contribution in [0, 0.1) is 5.82 Å². The Morgan fingerprint density at radius 1 is 1.04 bits per heavy atom. The zero-order valence-corrected chi connectivity index (χ0v) is 14.4. The van der Waals surface area contributed by atoms with Gasteiger partial charge in [0.1, 0.15) is 5.82 Å². The van der Waals surface area contributed by atoms with Gasteiger partial charge in [-0.25, -0.2) is 14.0 Å². The predicted octanol–water partition coefficient (Wildman–Crippen LogP) is 3.87. The highest BCUT2D eigenvalue weighted by Crippen LogP contribution is 2.20. The molecule has 0 spiro atoms. The van der Waals surface area contributed by atoms with Crippen LogP contribution in [0.3, 0.4) is 0 Å². The standard InChI is InChI=1S/C21H18FNO4/c22-19-12-16(8-9-18(19)21(26)27-13-20(24)25)23-11-10-15-6-3-5-14-4-1-2-7-17(14)15/h1-9,12,23H,10-11,13H2,(H,24,25). The Bertz CT molecular complexity index is 982. The van der Waals surface area contributed by atoms with E-state index in [-0.39, 0.29) is 5.56 Å². The van der Waals surface area contributed by atoms with Crippen molar-refractivity contribution in [1.29, 1.82) is 0 Å². The molecule has 2 N–H and O–H groups in total. The Balaban J connectivity index is 1.62. The first-order valence-corrected chi connectivity index (χ1v) is 8.43. The molecule has 0 radical (unpaired) electrons. The van der Waals surface area contributed by atoms with E-state index in [1.807, 2.05) is 18.2 Å². The molecule has 0 bridgehead atoms. The van der Waals surface area contributed by atoms with Gasteiger partial charge in [0.25, 0.3) is 0 Å². The molecule has 0 saturated carbocycles. The molecule has 0 aliphatic heterocycles. The van der Waals surface area contributed by atoms with E-state index in [1.54, 1.807) is 6.07 Å². The highest BCUT2D eigenvalue weighted by molar-refractivity contribution is 5.91. The quantitative estimate of drug-likeness (QED) is 0.620. The van der Waals surface area contributed by atoms with Gasteiger partial charge in [-0.3, -0.25) is 0 Å². The van der Waals surface area contributed by atoms with Crippen LogP contribution in [0.2, 0.25) is 0 Å². The van der Waals surface area contributed by atoms with Gasteiger partial charge in [-0.05, 0) is 41.0 Å². The van der Waals surface area contributed by atoms with E-state index in [2.05, 4.69) is 34.3 Å². The first kappa shape index (κ1) is 18.4. The van der Waals surface area contributed by atoms with Gasteiger partial charge in [-0.1, -0.05) is 42.5 Å². The van der Waals surface area contributed by atoms with Crippen molar-refractivity contribution in [3.63, 3.8) is 0 Å². The molecule has 0 aliphatic rings. The number of benzene rings is 3. The average Bonchev–Trinajstić information content (AvgIpc) is 2.66. The fourth-order valence-corrected chi connectivity index (χ4v) is 2.85. The topological polar surface area (TPSA) is 75.6 Å². The van der Waals surface area contributed by atoms with Gasteiger partial charge in [-0.2, -0.15) is 0 Å².